The van der Waals surface area contributed by atoms with Crippen LogP contribution >= 0.6 is 34.7 Å². The lowest BCUT2D eigenvalue weighted by molar-refractivity contribution is -0.392. The van der Waals surface area contributed by atoms with Gasteiger partial charge in [-0.25, -0.2) is 14.3 Å². The number of hydrogen-bond donors (Lipinski definition) is 2. The highest BCUT2D eigenvalue weighted by Crippen LogP contribution is 2.45. The van der Waals surface area contributed by atoms with Gasteiger partial charge < -0.3 is 30.0 Å². The number of carbonyl (C=O) groups is 5. The second kappa shape index (κ2) is 14.1. The summed E-state index contributed by atoms with van der Waals surface area (Å²) < 4.78 is 11.7. The molecule has 1 aliphatic heterocycles. The minimum absolute atomic E-state index is 0.105. The van der Waals surface area contributed by atoms with E-state index in [2.05, 4.69) is 10.3 Å². The normalized spacial score (nSPS) is 20.0. The van der Waals surface area contributed by atoms with Gasteiger partial charge >= 0.3 is 23.7 Å². The number of aliphatic carboxylic acids is 1. The molecule has 1 saturated carbocycles. The largest absolute Gasteiger partial charge is 0.478 e. The summed E-state index contributed by atoms with van der Waals surface area (Å²) in [6.45, 7) is 1.07. The van der Waals surface area contributed by atoms with E-state index in [0.29, 0.717) is 5.82 Å². The lowest BCUT2D eigenvalue weighted by Gasteiger charge is -2.46. The van der Waals surface area contributed by atoms with E-state index >= 15 is 0 Å². The number of thiophene rings is 1. The number of aromatic nitrogens is 2. The average Bonchev–Trinajstić information content (AvgIpc) is 3.61. The fourth-order valence-electron chi connectivity index (χ4n) is 4.77. The summed E-state index contributed by atoms with van der Waals surface area (Å²) in [4.78, 5) is 77.2. The van der Waals surface area contributed by atoms with Gasteiger partial charge in [-0.15, -0.1) is 22.9 Å². The maximum absolute atomic E-state index is 12.9. The first kappa shape index (κ1) is 32.2. The van der Waals surface area contributed by atoms with E-state index in [1.54, 1.807) is 6.92 Å². The molecule has 0 bridgehead atoms. The minimum Gasteiger partial charge on any atom is -0.478 e. The Morgan fingerprint density at radius 1 is 1.30 bits per heavy atom. The number of ether oxygens (including phenoxy) is 2. The number of hydrogen-bond acceptors (Lipinski definition) is 12. The maximum atomic E-state index is 12.9. The number of amides is 1. The highest BCUT2D eigenvalue weighted by molar-refractivity contribution is 8.00. The van der Waals surface area contributed by atoms with Gasteiger partial charge in [0.25, 0.3) is 0 Å². The van der Waals surface area contributed by atoms with Crippen LogP contribution in [0.5, 0.6) is 0 Å². The summed E-state index contributed by atoms with van der Waals surface area (Å²) in [5, 5.41) is 25.1. The number of alkyl halides is 1. The van der Waals surface area contributed by atoms with Crippen LogP contribution < -0.4 is 5.32 Å². The number of thioether (sulfide) groups is 1. The molecule has 2 unspecified atom stereocenters. The van der Waals surface area contributed by atoms with E-state index in [4.69, 9.17) is 21.1 Å². The molecule has 1 fully saturated rings. The highest BCUT2D eigenvalue weighted by Gasteiger charge is 2.56. The van der Waals surface area contributed by atoms with Crippen molar-refractivity contribution >= 4 is 70.1 Å². The van der Waals surface area contributed by atoms with Crippen LogP contribution in [0.1, 0.15) is 23.5 Å². The standard InChI is InChI=1S/C26H27ClN4O10S2/c1-13-28-9-18(31(38)39)30(13)10-15(8-27)41-20(34)5-4-19(33)40-11-14-12-43-25-22(21(14)26(36)37)24(35)23(25)29-17(32)7-16-3-2-6-42-16/h2-3,6,9,15,22-23,25H,4-5,7-8,10-12H2,1H3,(H,29,32)(H,36,37)/t15?,22?,23-,25+/m1/s1. The van der Waals surface area contributed by atoms with Gasteiger partial charge in [-0.1, -0.05) is 6.07 Å². The fraction of sp³-hybridized carbons (Fsp3) is 0.462. The number of carboxylic acids is 1. The zero-order valence-corrected chi connectivity index (χ0v) is 25.1. The lowest BCUT2D eigenvalue weighted by Crippen LogP contribution is -2.65. The van der Waals surface area contributed by atoms with Crippen molar-refractivity contribution in [1.82, 2.24) is 14.9 Å². The smallest absolute Gasteiger partial charge is 0.342 e. The van der Waals surface area contributed by atoms with E-state index < -0.39 is 51.9 Å². The Balaban J connectivity index is 1.26. The summed E-state index contributed by atoms with van der Waals surface area (Å²) >= 11 is 8.60. The number of aryl methyl sites for hydroxylation is 1. The number of rotatable bonds is 14. The van der Waals surface area contributed by atoms with Crippen molar-refractivity contribution in [1.29, 1.82) is 0 Å². The van der Waals surface area contributed by atoms with Crippen LogP contribution in [0, 0.1) is 23.0 Å². The molecule has 230 valence electrons. The van der Waals surface area contributed by atoms with Crippen LogP contribution in [0.15, 0.2) is 34.9 Å². The molecule has 0 radical (unpaired) electrons. The molecule has 43 heavy (non-hydrogen) atoms. The summed E-state index contributed by atoms with van der Waals surface area (Å²) in [5.74, 6) is -4.47. The fourth-order valence-corrected chi connectivity index (χ4v) is 7.13. The van der Waals surface area contributed by atoms with Gasteiger partial charge in [0, 0.05) is 22.8 Å². The number of carboxylic acid groups (broad SMARTS) is 1. The molecule has 0 saturated heterocycles. The third kappa shape index (κ3) is 7.61. The molecule has 1 aliphatic carbocycles. The number of halogens is 1. The number of nitrogens with zero attached hydrogens (tertiary/aromatic N) is 3. The number of nitro groups is 1. The van der Waals surface area contributed by atoms with Crippen molar-refractivity contribution in [3.8, 4) is 0 Å². The van der Waals surface area contributed by atoms with Gasteiger partial charge in [-0.05, 0) is 21.9 Å². The van der Waals surface area contributed by atoms with Gasteiger partial charge in [0.05, 0.1) is 36.6 Å². The molecule has 2 N–H and O–H groups in total. The van der Waals surface area contributed by atoms with Crippen molar-refractivity contribution in [2.45, 2.75) is 50.1 Å². The van der Waals surface area contributed by atoms with Gasteiger partial charge in [-0.2, -0.15) is 11.8 Å². The Hall–Kier alpha value is -3.76. The quantitative estimate of drug-likeness (QED) is 0.130. The van der Waals surface area contributed by atoms with Gasteiger partial charge in [0.2, 0.25) is 5.91 Å². The molecule has 1 amide bonds. The third-order valence-corrected chi connectivity index (χ3v) is 9.56. The van der Waals surface area contributed by atoms with Gasteiger partial charge in [-0.3, -0.25) is 19.2 Å². The molecule has 14 nitrogen and oxygen atoms in total. The molecule has 4 rings (SSSR count). The Kier molecular flexibility index (Phi) is 10.6. The number of esters is 2. The first-order chi connectivity index (χ1) is 20.5. The lowest BCUT2D eigenvalue weighted by atomic mass is 9.71. The Labute approximate surface area is 257 Å². The van der Waals surface area contributed by atoms with Crippen molar-refractivity contribution in [2.24, 2.45) is 5.92 Å². The number of nitrogens with one attached hydrogen (secondary N) is 1. The SMILES string of the molecule is Cc1ncc([N+](=O)[O-])n1CC(CCl)OC(=O)CCC(=O)OCC1=C(C(=O)O)C2C(=O)[C@@H](NC(=O)Cc3cccs3)[C@H]2SC1. The predicted molar refractivity (Wildman–Crippen MR) is 154 cm³/mol. The molecule has 0 aromatic carbocycles. The third-order valence-electron chi connectivity index (χ3n) is 6.89. The monoisotopic (exact) mass is 654 g/mol. The molecule has 2 aromatic rings. The summed E-state index contributed by atoms with van der Waals surface area (Å²) in [6.07, 6.45) is -0.452. The molecule has 17 heteroatoms. The van der Waals surface area contributed by atoms with Gasteiger partial charge in [0.1, 0.15) is 25.4 Å². The predicted octanol–water partition coefficient (Wildman–Crippen LogP) is 2.06. The topological polar surface area (TPSA) is 197 Å². The summed E-state index contributed by atoms with van der Waals surface area (Å²) in [7, 11) is 0. The van der Waals surface area contributed by atoms with Crippen LogP contribution in [-0.2, 0) is 46.4 Å². The zero-order chi connectivity index (χ0) is 31.3. The second-order valence-corrected chi connectivity index (χ2v) is 12.2. The number of fused-ring (bicyclic) bond motifs is 1. The molecule has 0 spiro atoms. The van der Waals surface area contributed by atoms with Gasteiger partial charge in [0.15, 0.2) is 17.7 Å². The number of imidazole rings is 1. The Morgan fingerprint density at radius 2 is 2.05 bits per heavy atom. The molecule has 2 aromatic heterocycles. The Bertz CT molecular complexity index is 1460. The van der Waals surface area contributed by atoms with E-state index in [0.717, 1.165) is 11.1 Å². The van der Waals surface area contributed by atoms with Crippen molar-refractivity contribution < 1.29 is 43.5 Å². The first-order valence-corrected chi connectivity index (χ1v) is 15.5. The van der Waals surface area contributed by atoms with Crippen LogP contribution in [-0.4, -0.2) is 84.8 Å². The minimum atomic E-state index is -1.30. The van der Waals surface area contributed by atoms with Crippen LogP contribution in [0.4, 0.5) is 5.82 Å². The van der Waals surface area contributed by atoms with Crippen molar-refractivity contribution in [3.63, 3.8) is 0 Å². The molecule has 3 heterocycles. The van der Waals surface area contributed by atoms with Crippen molar-refractivity contribution in [2.75, 3.05) is 18.2 Å². The van der Waals surface area contributed by atoms with E-state index in [-0.39, 0.29) is 66.9 Å². The maximum Gasteiger partial charge on any atom is 0.342 e. The van der Waals surface area contributed by atoms with E-state index in [1.807, 2.05) is 17.5 Å². The summed E-state index contributed by atoms with van der Waals surface area (Å²) in [5.41, 5.74) is 0.129. The van der Waals surface area contributed by atoms with Crippen LogP contribution in [0.3, 0.4) is 0 Å². The molecular weight excluding hydrogens is 628 g/mol. The average molecular weight is 655 g/mol. The highest BCUT2D eigenvalue weighted by atomic mass is 35.5. The number of Topliss-reactive ketones (excluding diaryl/α,β-unsaturated/α-hetero) is 1. The zero-order valence-electron chi connectivity index (χ0n) is 22.7. The number of carbonyl (C=O) groups excluding carboxylic acids is 4. The second-order valence-electron chi connectivity index (χ2n) is 9.74. The first-order valence-electron chi connectivity index (χ1n) is 13.0. The van der Waals surface area contributed by atoms with Crippen LogP contribution in [0.25, 0.3) is 0 Å². The van der Waals surface area contributed by atoms with E-state index in [9.17, 15) is 39.2 Å². The summed E-state index contributed by atoms with van der Waals surface area (Å²) in [6, 6.07) is 2.83. The van der Waals surface area contributed by atoms with Crippen LogP contribution in [0.2, 0.25) is 0 Å². The molecule has 2 aliphatic rings. The molecule has 4 atom stereocenters. The van der Waals surface area contributed by atoms with E-state index in [1.165, 1.54) is 27.7 Å². The molecular formula is C26H27ClN4O10S2. The Morgan fingerprint density at radius 3 is 2.70 bits per heavy atom. The van der Waals surface area contributed by atoms with Crippen molar-refractivity contribution in [3.05, 3.63) is 55.7 Å². The number of ketones is 1.